The fourth-order valence-electron chi connectivity index (χ4n) is 2.21. The van der Waals surface area contributed by atoms with Crippen LogP contribution in [0.4, 0.5) is 0 Å². The molecule has 9 heteroatoms. The molecule has 0 aliphatic rings. The molecule has 2 heterocycles. The van der Waals surface area contributed by atoms with Crippen LogP contribution in [-0.4, -0.2) is 38.9 Å². The monoisotopic (exact) mass is 330 g/mol. The first-order valence-corrected chi connectivity index (χ1v) is 7.40. The van der Waals surface area contributed by atoms with Crippen molar-refractivity contribution in [3.8, 4) is 17.5 Å². The second kappa shape index (κ2) is 7.52. The number of carbonyl (C=O) groups is 1. The molecule has 3 N–H and O–H groups in total. The molecule has 126 valence electrons. The zero-order valence-electron chi connectivity index (χ0n) is 13.5. The van der Waals surface area contributed by atoms with Crippen molar-refractivity contribution in [1.82, 2.24) is 19.7 Å². The van der Waals surface area contributed by atoms with Gasteiger partial charge in [-0.05, 0) is 19.9 Å². The molecule has 0 atom stereocenters. The van der Waals surface area contributed by atoms with E-state index < -0.39 is 11.5 Å². The van der Waals surface area contributed by atoms with Gasteiger partial charge in [-0.25, -0.2) is 9.67 Å². The first-order valence-electron chi connectivity index (χ1n) is 7.40. The van der Waals surface area contributed by atoms with E-state index in [9.17, 15) is 9.59 Å². The number of ether oxygens (including phenoxy) is 1. The summed E-state index contributed by atoms with van der Waals surface area (Å²) >= 11 is 0. The van der Waals surface area contributed by atoms with Crippen molar-refractivity contribution in [2.75, 3.05) is 13.2 Å². The number of nitrogens with two attached hydrogens (primary N) is 1. The lowest BCUT2D eigenvalue weighted by Gasteiger charge is -2.08. The van der Waals surface area contributed by atoms with Crippen molar-refractivity contribution in [3.05, 3.63) is 33.5 Å². The van der Waals surface area contributed by atoms with Crippen LogP contribution < -0.4 is 11.3 Å². The van der Waals surface area contributed by atoms with Crippen molar-refractivity contribution in [2.24, 2.45) is 5.73 Å². The maximum absolute atomic E-state index is 11.7. The van der Waals surface area contributed by atoms with E-state index in [4.69, 9.17) is 15.7 Å². The van der Waals surface area contributed by atoms with Crippen LogP contribution in [0.5, 0.6) is 0 Å². The maximum atomic E-state index is 11.7. The van der Waals surface area contributed by atoms with Gasteiger partial charge in [0.2, 0.25) is 5.91 Å². The Hall–Kier alpha value is -2.99. The fraction of sp³-hybridized carbons (Fsp3) is 0.400. The van der Waals surface area contributed by atoms with Crippen LogP contribution in [-0.2, 0) is 22.5 Å². The molecule has 2 rings (SSSR count). The third-order valence-electron chi connectivity index (χ3n) is 3.30. The molecule has 0 aliphatic heterocycles. The standard InChI is InChI=1S/C15H18N6O3/c1-3-24-5-4-21-14(19-13(20-21)7-12(17)22)11-6-10(8-16)15(23)18-9(11)2/h6H,3-5,7H2,1-2H3,(H2,17,22)(H,18,23). The number of aryl methyl sites for hydroxylation is 1. The van der Waals surface area contributed by atoms with E-state index in [1.54, 1.807) is 11.6 Å². The molecule has 24 heavy (non-hydrogen) atoms. The van der Waals surface area contributed by atoms with E-state index in [1.165, 1.54) is 6.07 Å². The molecule has 0 aliphatic carbocycles. The first-order chi connectivity index (χ1) is 11.5. The van der Waals surface area contributed by atoms with E-state index >= 15 is 0 Å². The van der Waals surface area contributed by atoms with Crippen LogP contribution in [0.2, 0.25) is 0 Å². The number of nitrogens with zero attached hydrogens (tertiary/aromatic N) is 4. The van der Waals surface area contributed by atoms with Crippen molar-refractivity contribution in [2.45, 2.75) is 26.8 Å². The Labute approximate surface area is 138 Å². The summed E-state index contributed by atoms with van der Waals surface area (Å²) in [6, 6.07) is 3.31. The molecule has 0 radical (unpaired) electrons. The Morgan fingerprint density at radius 1 is 1.54 bits per heavy atom. The lowest BCUT2D eigenvalue weighted by Crippen LogP contribution is -2.15. The molecule has 0 saturated carbocycles. The zero-order chi connectivity index (χ0) is 17.7. The molecule has 2 aromatic rings. The Bertz CT molecular complexity index is 846. The lowest BCUT2D eigenvalue weighted by atomic mass is 10.1. The van der Waals surface area contributed by atoms with Crippen LogP contribution in [0.15, 0.2) is 10.9 Å². The van der Waals surface area contributed by atoms with Gasteiger partial charge in [0.15, 0.2) is 11.6 Å². The molecular weight excluding hydrogens is 312 g/mol. The SMILES string of the molecule is CCOCCn1nc(CC(N)=O)nc1-c1cc(C#N)c(=O)[nH]c1C. The fourth-order valence-corrected chi connectivity index (χ4v) is 2.21. The Kier molecular flexibility index (Phi) is 5.44. The second-order valence-electron chi connectivity index (χ2n) is 5.08. The van der Waals surface area contributed by atoms with Gasteiger partial charge in [-0.15, -0.1) is 0 Å². The minimum absolute atomic E-state index is 0.0218. The number of H-pyrrole nitrogens is 1. The zero-order valence-corrected chi connectivity index (χ0v) is 13.5. The third-order valence-corrected chi connectivity index (χ3v) is 3.30. The number of aromatic amines is 1. The Balaban J connectivity index is 2.51. The van der Waals surface area contributed by atoms with Gasteiger partial charge in [0, 0.05) is 17.9 Å². The topological polar surface area (TPSA) is 140 Å². The van der Waals surface area contributed by atoms with Crippen molar-refractivity contribution >= 4 is 5.91 Å². The highest BCUT2D eigenvalue weighted by Gasteiger charge is 2.17. The summed E-state index contributed by atoms with van der Waals surface area (Å²) in [5.74, 6) is 0.175. The number of nitrogens with one attached hydrogen (secondary N) is 1. The highest BCUT2D eigenvalue weighted by Crippen LogP contribution is 2.20. The molecule has 0 spiro atoms. The minimum Gasteiger partial charge on any atom is -0.380 e. The van der Waals surface area contributed by atoms with Crippen LogP contribution in [0.3, 0.4) is 0 Å². The molecule has 0 aromatic carbocycles. The highest BCUT2D eigenvalue weighted by molar-refractivity contribution is 5.75. The Morgan fingerprint density at radius 3 is 2.92 bits per heavy atom. The van der Waals surface area contributed by atoms with Crippen molar-refractivity contribution in [1.29, 1.82) is 5.26 Å². The molecule has 0 fully saturated rings. The van der Waals surface area contributed by atoms with Gasteiger partial charge in [0.25, 0.3) is 5.56 Å². The Morgan fingerprint density at radius 2 is 2.29 bits per heavy atom. The number of pyridine rings is 1. The van der Waals surface area contributed by atoms with E-state index in [0.29, 0.717) is 36.8 Å². The smallest absolute Gasteiger partial charge is 0.266 e. The minimum atomic E-state index is -0.542. The van der Waals surface area contributed by atoms with Gasteiger partial charge in [-0.1, -0.05) is 0 Å². The van der Waals surface area contributed by atoms with E-state index in [1.807, 2.05) is 13.0 Å². The van der Waals surface area contributed by atoms with Crippen molar-refractivity contribution < 1.29 is 9.53 Å². The summed E-state index contributed by atoms with van der Waals surface area (Å²) in [7, 11) is 0. The molecule has 1 amide bonds. The van der Waals surface area contributed by atoms with Crippen LogP contribution >= 0.6 is 0 Å². The number of aromatic nitrogens is 4. The van der Waals surface area contributed by atoms with Crippen molar-refractivity contribution in [3.63, 3.8) is 0 Å². The molecule has 0 unspecified atom stereocenters. The van der Waals surface area contributed by atoms with Crippen LogP contribution in [0.1, 0.15) is 24.0 Å². The number of carbonyl (C=O) groups excluding carboxylic acids is 1. The average molecular weight is 330 g/mol. The average Bonchev–Trinajstić information content (AvgIpc) is 2.89. The molecular formula is C15H18N6O3. The number of primary amides is 1. The number of hydrogen-bond acceptors (Lipinski definition) is 6. The predicted octanol–water partition coefficient (Wildman–Crippen LogP) is -0.122. The van der Waals surface area contributed by atoms with Gasteiger partial charge in [-0.3, -0.25) is 9.59 Å². The van der Waals surface area contributed by atoms with Gasteiger partial charge < -0.3 is 15.5 Å². The van der Waals surface area contributed by atoms with Gasteiger partial charge in [0.05, 0.1) is 19.6 Å². The summed E-state index contributed by atoms with van der Waals surface area (Å²) < 4.78 is 6.90. The van der Waals surface area contributed by atoms with Gasteiger partial charge in [0.1, 0.15) is 11.6 Å². The number of nitriles is 1. The molecule has 2 aromatic heterocycles. The molecule has 0 saturated heterocycles. The first kappa shape index (κ1) is 17.4. The quantitative estimate of drug-likeness (QED) is 0.678. The maximum Gasteiger partial charge on any atom is 0.266 e. The number of hydrogen-bond donors (Lipinski definition) is 2. The molecule has 9 nitrogen and oxygen atoms in total. The summed E-state index contributed by atoms with van der Waals surface area (Å²) in [6.45, 7) is 4.97. The van der Waals surface area contributed by atoms with E-state index in [2.05, 4.69) is 15.1 Å². The molecule has 0 bridgehead atoms. The normalized spacial score (nSPS) is 10.5. The highest BCUT2D eigenvalue weighted by atomic mass is 16.5. The van der Waals surface area contributed by atoms with E-state index in [-0.39, 0.29) is 17.8 Å². The second-order valence-corrected chi connectivity index (χ2v) is 5.08. The van der Waals surface area contributed by atoms with Crippen LogP contribution in [0.25, 0.3) is 11.4 Å². The third kappa shape index (κ3) is 3.85. The van der Waals surface area contributed by atoms with Crippen LogP contribution in [0, 0.1) is 18.3 Å². The summed E-state index contributed by atoms with van der Waals surface area (Å²) in [6.07, 6.45) is -0.0951. The van der Waals surface area contributed by atoms with E-state index in [0.717, 1.165) is 0 Å². The van der Waals surface area contributed by atoms with Gasteiger partial charge >= 0.3 is 0 Å². The summed E-state index contributed by atoms with van der Waals surface area (Å²) in [5.41, 5.74) is 5.82. The largest absolute Gasteiger partial charge is 0.380 e. The summed E-state index contributed by atoms with van der Waals surface area (Å²) in [4.78, 5) is 29.8. The number of amides is 1. The predicted molar refractivity (Wildman–Crippen MR) is 84.9 cm³/mol. The summed E-state index contributed by atoms with van der Waals surface area (Å²) in [5, 5.41) is 13.3. The number of rotatable bonds is 7. The van der Waals surface area contributed by atoms with Gasteiger partial charge in [-0.2, -0.15) is 10.4 Å². The lowest BCUT2D eigenvalue weighted by molar-refractivity contribution is -0.117.